The second kappa shape index (κ2) is 4.96. The van der Waals surface area contributed by atoms with Crippen molar-refractivity contribution in [3.05, 3.63) is 64.1 Å². The van der Waals surface area contributed by atoms with E-state index in [0.717, 1.165) is 15.7 Å². The van der Waals surface area contributed by atoms with Crippen molar-refractivity contribution in [2.75, 3.05) is 4.90 Å². The topological polar surface area (TPSA) is 3.01 Å². The summed E-state index contributed by atoms with van der Waals surface area (Å²) in [6.45, 7) is 0. The van der Waals surface area contributed by atoms with Gasteiger partial charge in [-0.1, -0.05) is 47.5 Å². The first-order chi connectivity index (χ1) is 9.01. The molecule has 0 spiro atoms. The Morgan fingerprint density at radius 3 is 2.21 bits per heavy atom. The fourth-order valence-corrected chi connectivity index (χ4v) is 4.06. The van der Waals surface area contributed by atoms with Gasteiger partial charge in [-0.2, -0.15) is 0 Å². The molecule has 3 rings (SSSR count). The maximum absolute atomic E-state index is 6.26. The van der Waals surface area contributed by atoms with Crippen molar-refractivity contribution in [2.24, 2.45) is 0 Å². The third-order valence-corrected chi connectivity index (χ3v) is 5.34. The highest BCUT2D eigenvalue weighted by Gasteiger charge is 2.61. The number of hydrogen-bond acceptors (Lipinski definition) is 1. The predicted octanol–water partition coefficient (Wildman–Crippen LogP) is 6.00. The maximum atomic E-state index is 6.26. The van der Waals surface area contributed by atoms with Crippen LogP contribution < -0.4 is 4.90 Å². The average Bonchev–Trinajstić information content (AvgIpc) is 2.94. The van der Waals surface area contributed by atoms with Gasteiger partial charge in [-0.15, -0.1) is 0 Å². The third-order valence-electron chi connectivity index (χ3n) is 3.14. The van der Waals surface area contributed by atoms with Gasteiger partial charge in [0.2, 0.25) is 0 Å². The highest BCUT2D eigenvalue weighted by Crippen LogP contribution is 2.64. The molecular formula is C14H9Br2Cl2N. The number of para-hydroxylation sites is 1. The van der Waals surface area contributed by atoms with Gasteiger partial charge in [0.15, 0.2) is 3.36 Å². The lowest BCUT2D eigenvalue weighted by atomic mass is 10.1. The first-order valence-corrected chi connectivity index (χ1v) is 8.03. The molecule has 0 bridgehead atoms. The maximum Gasteiger partial charge on any atom is 0.177 e. The molecular weight excluding hydrogens is 413 g/mol. The summed E-state index contributed by atoms with van der Waals surface area (Å²) in [5.74, 6) is 0. The van der Waals surface area contributed by atoms with Crippen LogP contribution in [0.1, 0.15) is 11.6 Å². The molecule has 19 heavy (non-hydrogen) atoms. The monoisotopic (exact) mass is 419 g/mol. The van der Waals surface area contributed by atoms with E-state index in [9.17, 15) is 0 Å². The standard InChI is InChI=1S/C14H9Br2Cl2N/c15-14(16)13(9-5-7-10(17)8-6-9)19(14)12-4-2-1-3-11(12)18/h1-8,13H. The van der Waals surface area contributed by atoms with Crippen molar-refractivity contribution in [1.82, 2.24) is 0 Å². The Kier molecular flexibility index (Phi) is 3.59. The van der Waals surface area contributed by atoms with E-state index in [2.05, 4.69) is 36.8 Å². The number of nitrogens with zero attached hydrogens (tertiary/aromatic N) is 1. The molecule has 0 aliphatic carbocycles. The minimum Gasteiger partial charge on any atom is -0.333 e. The Morgan fingerprint density at radius 2 is 1.58 bits per heavy atom. The third kappa shape index (κ3) is 2.42. The summed E-state index contributed by atoms with van der Waals surface area (Å²) in [7, 11) is 0. The first-order valence-electron chi connectivity index (χ1n) is 5.69. The summed E-state index contributed by atoms with van der Waals surface area (Å²) >= 11 is 19.6. The van der Waals surface area contributed by atoms with Crippen molar-refractivity contribution in [1.29, 1.82) is 0 Å². The molecule has 5 heteroatoms. The molecule has 2 aromatic carbocycles. The molecule has 1 heterocycles. The molecule has 98 valence electrons. The zero-order valence-corrected chi connectivity index (χ0v) is 14.3. The van der Waals surface area contributed by atoms with Crippen LogP contribution in [0.4, 0.5) is 5.69 Å². The van der Waals surface area contributed by atoms with E-state index in [1.807, 2.05) is 48.5 Å². The number of alkyl halides is 2. The Balaban J connectivity index is 1.97. The number of rotatable bonds is 2. The fraction of sp³-hybridized carbons (Fsp3) is 0.143. The predicted molar refractivity (Wildman–Crippen MR) is 88.7 cm³/mol. The first kappa shape index (κ1) is 13.7. The van der Waals surface area contributed by atoms with E-state index in [-0.39, 0.29) is 9.40 Å². The minimum absolute atomic E-state index is 0.185. The molecule has 0 aromatic heterocycles. The number of halogens is 4. The molecule has 0 N–H and O–H groups in total. The lowest BCUT2D eigenvalue weighted by molar-refractivity contribution is 1.11. The van der Waals surface area contributed by atoms with Gasteiger partial charge >= 0.3 is 0 Å². The van der Waals surface area contributed by atoms with Crippen molar-refractivity contribution in [3.63, 3.8) is 0 Å². The molecule has 1 unspecified atom stereocenters. The minimum atomic E-state index is -0.293. The zero-order valence-electron chi connectivity index (χ0n) is 9.66. The van der Waals surface area contributed by atoms with Gasteiger partial charge in [0.1, 0.15) is 6.04 Å². The second-order valence-electron chi connectivity index (χ2n) is 4.36. The summed E-state index contributed by atoms with van der Waals surface area (Å²) in [5.41, 5.74) is 2.18. The smallest absolute Gasteiger partial charge is 0.177 e. The highest BCUT2D eigenvalue weighted by atomic mass is 79.9. The van der Waals surface area contributed by atoms with Crippen LogP contribution in [0.5, 0.6) is 0 Å². The van der Waals surface area contributed by atoms with E-state index in [1.54, 1.807) is 0 Å². The van der Waals surface area contributed by atoms with Crippen molar-refractivity contribution >= 4 is 60.7 Å². The van der Waals surface area contributed by atoms with Gasteiger partial charge in [0.25, 0.3) is 0 Å². The molecule has 0 radical (unpaired) electrons. The molecule has 0 amide bonds. The fourth-order valence-electron chi connectivity index (χ4n) is 2.19. The molecule has 1 saturated heterocycles. The number of hydrogen-bond donors (Lipinski definition) is 0. The van der Waals surface area contributed by atoms with Gasteiger partial charge in [0.05, 0.1) is 10.7 Å². The average molecular weight is 422 g/mol. The van der Waals surface area contributed by atoms with Gasteiger partial charge < -0.3 is 4.90 Å². The molecule has 1 aliphatic heterocycles. The van der Waals surface area contributed by atoms with Crippen LogP contribution in [-0.2, 0) is 0 Å². The molecule has 0 saturated carbocycles. The Morgan fingerprint density at radius 1 is 0.947 bits per heavy atom. The lowest BCUT2D eigenvalue weighted by Crippen LogP contribution is -2.00. The lowest BCUT2D eigenvalue weighted by Gasteiger charge is -2.08. The molecule has 1 nitrogen and oxygen atoms in total. The SMILES string of the molecule is Clc1ccc(C2N(c3ccccc3Cl)C2(Br)Br)cc1. The summed E-state index contributed by atoms with van der Waals surface area (Å²) < 4.78 is -0.293. The van der Waals surface area contributed by atoms with E-state index in [4.69, 9.17) is 23.2 Å². The summed E-state index contributed by atoms with van der Waals surface area (Å²) in [4.78, 5) is 2.18. The summed E-state index contributed by atoms with van der Waals surface area (Å²) in [6.07, 6.45) is 0. The van der Waals surface area contributed by atoms with E-state index < -0.39 is 0 Å². The Hall–Kier alpha value is -0.220. The quantitative estimate of drug-likeness (QED) is 0.326. The van der Waals surface area contributed by atoms with Gasteiger partial charge in [0, 0.05) is 5.02 Å². The van der Waals surface area contributed by atoms with E-state index in [1.165, 1.54) is 5.56 Å². The molecule has 2 aromatic rings. The molecule has 1 fully saturated rings. The van der Waals surface area contributed by atoms with Crippen LogP contribution in [-0.4, -0.2) is 3.36 Å². The highest BCUT2D eigenvalue weighted by molar-refractivity contribution is 9.25. The molecule has 1 atom stereocenters. The largest absolute Gasteiger partial charge is 0.333 e. The van der Waals surface area contributed by atoms with Crippen molar-refractivity contribution in [3.8, 4) is 0 Å². The number of anilines is 1. The van der Waals surface area contributed by atoms with Crippen LogP contribution in [0.25, 0.3) is 0 Å². The number of benzene rings is 2. The van der Waals surface area contributed by atoms with Crippen LogP contribution in [0.15, 0.2) is 48.5 Å². The van der Waals surface area contributed by atoms with Gasteiger partial charge in [-0.05, 0) is 61.7 Å². The Bertz CT molecular complexity index is 613. The van der Waals surface area contributed by atoms with Crippen LogP contribution in [0.3, 0.4) is 0 Å². The van der Waals surface area contributed by atoms with Gasteiger partial charge in [-0.25, -0.2) is 0 Å². The summed E-state index contributed by atoms with van der Waals surface area (Å²) in [5, 5.41) is 1.48. The van der Waals surface area contributed by atoms with Gasteiger partial charge in [-0.3, -0.25) is 0 Å². The Labute approximate surface area is 138 Å². The zero-order chi connectivity index (χ0) is 13.6. The van der Waals surface area contributed by atoms with Crippen molar-refractivity contribution < 1.29 is 0 Å². The van der Waals surface area contributed by atoms with Crippen LogP contribution in [0, 0.1) is 0 Å². The summed E-state index contributed by atoms with van der Waals surface area (Å²) in [6, 6.07) is 15.9. The van der Waals surface area contributed by atoms with Crippen molar-refractivity contribution in [2.45, 2.75) is 9.40 Å². The molecule has 1 aliphatic rings. The van der Waals surface area contributed by atoms with E-state index in [0.29, 0.717) is 0 Å². The normalized spacial score (nSPS) is 20.4. The van der Waals surface area contributed by atoms with Crippen LogP contribution >= 0.6 is 55.1 Å². The second-order valence-corrected chi connectivity index (χ2v) is 8.69. The van der Waals surface area contributed by atoms with E-state index >= 15 is 0 Å². The van der Waals surface area contributed by atoms with Crippen LogP contribution in [0.2, 0.25) is 10.0 Å².